The minimum atomic E-state index is -3.93. The number of amides is 1. The van der Waals surface area contributed by atoms with Gasteiger partial charge in [0.15, 0.2) is 4.80 Å². The van der Waals surface area contributed by atoms with Gasteiger partial charge in [0, 0.05) is 5.56 Å². The van der Waals surface area contributed by atoms with Gasteiger partial charge in [-0.3, -0.25) is 9.59 Å². The third kappa shape index (κ3) is 4.87. The van der Waals surface area contributed by atoms with E-state index in [4.69, 9.17) is 9.88 Å². The number of primary sulfonamides is 1. The van der Waals surface area contributed by atoms with Crippen LogP contribution in [0.1, 0.15) is 20.7 Å². The molecule has 0 spiro atoms. The number of nitrogens with two attached hydrogens (primary N) is 1. The summed E-state index contributed by atoms with van der Waals surface area (Å²) in [6, 6.07) is 9.83. The zero-order valence-electron chi connectivity index (χ0n) is 16.4. The van der Waals surface area contributed by atoms with Gasteiger partial charge in [0.2, 0.25) is 10.0 Å². The lowest BCUT2D eigenvalue weighted by Crippen LogP contribution is -2.22. The van der Waals surface area contributed by atoms with Gasteiger partial charge >= 0.3 is 11.9 Å². The number of aromatic nitrogens is 1. The molecule has 1 amide bonds. The number of carbonyl (C=O) groups excluding carboxylic acids is 3. The van der Waals surface area contributed by atoms with Crippen LogP contribution in [-0.4, -0.2) is 45.1 Å². The van der Waals surface area contributed by atoms with E-state index >= 15 is 0 Å². The van der Waals surface area contributed by atoms with Gasteiger partial charge in [-0.05, 0) is 42.5 Å². The minimum absolute atomic E-state index is 0.109. The monoisotopic (exact) mass is 463 g/mol. The second kappa shape index (κ2) is 8.79. The van der Waals surface area contributed by atoms with Crippen molar-refractivity contribution in [2.24, 2.45) is 10.1 Å². The second-order valence-corrected chi connectivity index (χ2v) is 8.78. The smallest absolute Gasteiger partial charge is 0.337 e. The molecule has 0 aliphatic heterocycles. The highest BCUT2D eigenvalue weighted by atomic mass is 32.2. The van der Waals surface area contributed by atoms with Crippen LogP contribution in [0.5, 0.6) is 0 Å². The molecule has 3 rings (SSSR count). The highest BCUT2D eigenvalue weighted by molar-refractivity contribution is 7.89. The highest BCUT2D eigenvalue weighted by Gasteiger charge is 2.16. The Balaban J connectivity index is 2.11. The Morgan fingerprint density at radius 2 is 1.68 bits per heavy atom. The second-order valence-electron chi connectivity index (χ2n) is 6.21. The van der Waals surface area contributed by atoms with Gasteiger partial charge in [0.1, 0.15) is 6.54 Å². The molecule has 10 nitrogen and oxygen atoms in total. The molecular formula is C19H17N3O7S2. The molecule has 0 saturated heterocycles. The largest absolute Gasteiger partial charge is 0.468 e. The molecule has 2 aromatic carbocycles. The summed E-state index contributed by atoms with van der Waals surface area (Å²) in [5.74, 6) is -1.73. The van der Waals surface area contributed by atoms with E-state index in [0.717, 1.165) is 11.3 Å². The molecule has 31 heavy (non-hydrogen) atoms. The van der Waals surface area contributed by atoms with Crippen molar-refractivity contribution in [3.8, 4) is 0 Å². The molecule has 0 unspecified atom stereocenters. The number of benzene rings is 2. The van der Waals surface area contributed by atoms with E-state index in [1.807, 2.05) is 0 Å². The maximum atomic E-state index is 12.7. The Morgan fingerprint density at radius 3 is 2.26 bits per heavy atom. The summed E-state index contributed by atoms with van der Waals surface area (Å²) in [4.78, 5) is 40.2. The van der Waals surface area contributed by atoms with Crippen molar-refractivity contribution in [3.63, 3.8) is 0 Å². The molecule has 2 N–H and O–H groups in total. The maximum Gasteiger partial charge on any atom is 0.337 e. The minimum Gasteiger partial charge on any atom is -0.468 e. The molecule has 0 fully saturated rings. The van der Waals surface area contributed by atoms with Crippen LogP contribution < -0.4 is 9.94 Å². The Labute approximate surface area is 180 Å². The zero-order chi connectivity index (χ0) is 22.8. The fourth-order valence-corrected chi connectivity index (χ4v) is 4.36. The molecular weight excluding hydrogens is 446 g/mol. The lowest BCUT2D eigenvalue weighted by molar-refractivity contribution is -0.141. The summed E-state index contributed by atoms with van der Waals surface area (Å²) in [6.45, 7) is -0.237. The molecule has 1 aromatic heterocycles. The number of fused-ring (bicyclic) bond motifs is 1. The lowest BCUT2D eigenvalue weighted by atomic mass is 10.1. The van der Waals surface area contributed by atoms with E-state index in [-0.39, 0.29) is 27.4 Å². The standard InChI is InChI=1S/C19H17N3O7S2/c1-28-16(23)10-22-14-8-7-13(31(20,26)27)9-15(14)30-19(22)21-17(24)11-3-5-12(6-4-11)18(25)29-2/h3-9H,10H2,1-2H3,(H2,20,26,27). The first-order valence-corrected chi connectivity index (χ1v) is 11.0. The van der Waals surface area contributed by atoms with Crippen molar-refractivity contribution < 1.29 is 32.3 Å². The number of rotatable bonds is 5. The topological polar surface area (TPSA) is 147 Å². The summed E-state index contributed by atoms with van der Waals surface area (Å²) in [5.41, 5.74) is 0.965. The summed E-state index contributed by atoms with van der Waals surface area (Å²) in [7, 11) is -1.46. The quantitative estimate of drug-likeness (QED) is 0.556. The predicted octanol–water partition coefficient (Wildman–Crippen LogP) is 1.05. The molecule has 0 radical (unpaired) electrons. The lowest BCUT2D eigenvalue weighted by Gasteiger charge is -2.04. The van der Waals surface area contributed by atoms with Crippen molar-refractivity contribution in [2.75, 3.05) is 14.2 Å². The number of methoxy groups -OCH3 is 2. The number of sulfonamides is 1. The number of hydrogen-bond acceptors (Lipinski definition) is 8. The van der Waals surface area contributed by atoms with Crippen LogP contribution >= 0.6 is 11.3 Å². The summed E-state index contributed by atoms with van der Waals surface area (Å²) >= 11 is 1.01. The summed E-state index contributed by atoms with van der Waals surface area (Å²) < 4.78 is 34.5. The molecule has 3 aromatic rings. The van der Waals surface area contributed by atoms with Gasteiger partial charge in [0.05, 0.1) is 34.9 Å². The number of hydrogen-bond donors (Lipinski definition) is 1. The van der Waals surface area contributed by atoms with Gasteiger partial charge in [0.25, 0.3) is 5.91 Å². The van der Waals surface area contributed by atoms with Gasteiger partial charge < -0.3 is 14.0 Å². The van der Waals surface area contributed by atoms with Gasteiger partial charge in [-0.1, -0.05) is 11.3 Å². The molecule has 0 bridgehead atoms. The van der Waals surface area contributed by atoms with Gasteiger partial charge in [-0.25, -0.2) is 18.4 Å². The third-order valence-electron chi connectivity index (χ3n) is 4.25. The number of nitrogens with zero attached hydrogens (tertiary/aromatic N) is 2. The van der Waals surface area contributed by atoms with Crippen molar-refractivity contribution in [2.45, 2.75) is 11.4 Å². The molecule has 162 valence electrons. The molecule has 0 aliphatic rings. The number of carbonyl (C=O) groups is 3. The maximum absolute atomic E-state index is 12.7. The first kappa shape index (κ1) is 22.3. The van der Waals surface area contributed by atoms with Crippen LogP contribution in [0.3, 0.4) is 0 Å². The van der Waals surface area contributed by atoms with Crippen LogP contribution in [-0.2, 0) is 30.8 Å². The number of esters is 2. The Kier molecular flexibility index (Phi) is 6.34. The van der Waals surface area contributed by atoms with E-state index in [9.17, 15) is 22.8 Å². The fourth-order valence-electron chi connectivity index (χ4n) is 2.68. The highest BCUT2D eigenvalue weighted by Crippen LogP contribution is 2.21. The Morgan fingerprint density at radius 1 is 1.03 bits per heavy atom. The van der Waals surface area contributed by atoms with Crippen molar-refractivity contribution >= 4 is 49.4 Å². The van der Waals surface area contributed by atoms with Gasteiger partial charge in [-0.2, -0.15) is 4.99 Å². The average Bonchev–Trinajstić information content (AvgIpc) is 3.08. The average molecular weight is 463 g/mol. The van der Waals surface area contributed by atoms with Crippen LogP contribution in [0, 0.1) is 0 Å². The molecule has 0 saturated carbocycles. The first-order chi connectivity index (χ1) is 14.6. The zero-order valence-corrected chi connectivity index (χ0v) is 18.0. The van der Waals surface area contributed by atoms with E-state index in [0.29, 0.717) is 10.2 Å². The predicted molar refractivity (Wildman–Crippen MR) is 111 cm³/mol. The van der Waals surface area contributed by atoms with E-state index in [1.54, 1.807) is 0 Å². The van der Waals surface area contributed by atoms with Crippen LogP contribution in [0.15, 0.2) is 52.4 Å². The number of ether oxygens (including phenoxy) is 2. The van der Waals surface area contributed by atoms with Crippen molar-refractivity contribution in [1.82, 2.24) is 4.57 Å². The van der Waals surface area contributed by atoms with E-state index < -0.39 is 27.9 Å². The first-order valence-electron chi connectivity index (χ1n) is 8.64. The molecule has 12 heteroatoms. The molecule has 0 aliphatic carbocycles. The number of thiazole rings is 1. The normalized spacial score (nSPS) is 12.0. The SMILES string of the molecule is COC(=O)Cn1c(=NC(=O)c2ccc(C(=O)OC)cc2)sc2cc(S(N)(=O)=O)ccc21. The van der Waals surface area contributed by atoms with Crippen LogP contribution in [0.25, 0.3) is 10.2 Å². The molecule has 1 heterocycles. The van der Waals surface area contributed by atoms with Crippen LogP contribution in [0.4, 0.5) is 0 Å². The van der Waals surface area contributed by atoms with Crippen molar-refractivity contribution in [3.05, 3.63) is 58.4 Å². The van der Waals surface area contributed by atoms with E-state index in [1.165, 1.54) is 61.3 Å². The van der Waals surface area contributed by atoms with Gasteiger partial charge in [-0.15, -0.1) is 0 Å². The molecule has 0 atom stereocenters. The Bertz CT molecular complexity index is 1350. The van der Waals surface area contributed by atoms with Crippen molar-refractivity contribution in [1.29, 1.82) is 0 Å². The third-order valence-corrected chi connectivity index (χ3v) is 6.20. The summed E-state index contributed by atoms with van der Waals surface area (Å²) in [6.07, 6.45) is 0. The summed E-state index contributed by atoms with van der Waals surface area (Å²) in [5, 5.41) is 5.18. The fraction of sp³-hybridized carbons (Fsp3) is 0.158. The van der Waals surface area contributed by atoms with Crippen LogP contribution in [0.2, 0.25) is 0 Å². The van der Waals surface area contributed by atoms with E-state index in [2.05, 4.69) is 9.73 Å². The Hall–Kier alpha value is -3.35.